The Kier molecular flexibility index (Phi) is 14.6. The Morgan fingerprint density at radius 2 is 1.02 bits per heavy atom. The summed E-state index contributed by atoms with van der Waals surface area (Å²) in [5, 5.41) is 0. The molecule has 8 heteroatoms. The van der Waals surface area contributed by atoms with Gasteiger partial charge in [-0.25, -0.2) is 9.59 Å². The smallest absolute Gasteiger partial charge is 0.330 e. The van der Waals surface area contributed by atoms with Crippen LogP contribution in [-0.2, 0) is 38.0 Å². The molecule has 0 atom stereocenters. The molecule has 8 nitrogen and oxygen atoms in total. The summed E-state index contributed by atoms with van der Waals surface area (Å²) in [6.07, 6.45) is 5.46. The maximum absolute atomic E-state index is 11.2. The number of hydrogen-bond donors (Lipinski definition) is 0. The summed E-state index contributed by atoms with van der Waals surface area (Å²) < 4.78 is 32.6. The first kappa shape index (κ1) is 36.3. The monoisotopic (exact) mass is 568 g/mol. The fourth-order valence-corrected chi connectivity index (χ4v) is 4.74. The van der Waals surface area contributed by atoms with Crippen LogP contribution in [-0.4, -0.2) is 78.0 Å². The van der Waals surface area contributed by atoms with Gasteiger partial charge in [-0.3, -0.25) is 0 Å². The first-order chi connectivity index (χ1) is 18.6. The van der Waals surface area contributed by atoms with Crippen molar-refractivity contribution in [3.63, 3.8) is 0 Å². The summed E-state index contributed by atoms with van der Waals surface area (Å²) in [5.74, 6) is -0.752. The lowest BCUT2D eigenvalue weighted by Crippen LogP contribution is -2.46. The van der Waals surface area contributed by atoms with Crippen LogP contribution in [0.5, 0.6) is 0 Å². The van der Waals surface area contributed by atoms with Crippen LogP contribution < -0.4 is 0 Å². The lowest BCUT2D eigenvalue weighted by atomic mass is 9.76. The zero-order valence-electron chi connectivity index (χ0n) is 26.5. The van der Waals surface area contributed by atoms with Gasteiger partial charge in [0.05, 0.1) is 66.1 Å². The van der Waals surface area contributed by atoms with E-state index in [4.69, 9.17) is 28.4 Å². The van der Waals surface area contributed by atoms with E-state index >= 15 is 0 Å². The Hall–Kier alpha value is -1.74. The van der Waals surface area contributed by atoms with E-state index in [1.807, 2.05) is 13.8 Å². The first-order valence-corrected chi connectivity index (χ1v) is 14.5. The fraction of sp³-hybridized carbons (Fsp3) is 0.812. The van der Waals surface area contributed by atoms with Crippen LogP contribution in [0, 0.1) is 27.1 Å². The van der Waals surface area contributed by atoms with Crippen LogP contribution in [0.15, 0.2) is 25.3 Å². The summed E-state index contributed by atoms with van der Waals surface area (Å²) in [4.78, 5) is 22.2. The van der Waals surface area contributed by atoms with E-state index in [1.165, 1.54) is 12.2 Å². The maximum atomic E-state index is 11.2. The van der Waals surface area contributed by atoms with Gasteiger partial charge in [0.15, 0.2) is 0 Å². The minimum atomic E-state index is -0.388. The van der Waals surface area contributed by atoms with Crippen molar-refractivity contribution in [3.8, 4) is 0 Å². The number of ether oxygens (including phenoxy) is 6. The number of rotatable bonds is 18. The van der Waals surface area contributed by atoms with E-state index in [-0.39, 0.29) is 39.0 Å². The van der Waals surface area contributed by atoms with Gasteiger partial charge < -0.3 is 28.4 Å². The van der Waals surface area contributed by atoms with E-state index in [0.717, 1.165) is 52.3 Å². The highest BCUT2D eigenvalue weighted by atomic mass is 16.5. The van der Waals surface area contributed by atoms with Gasteiger partial charge in [0, 0.05) is 28.4 Å². The Bertz CT molecular complexity index is 795. The summed E-state index contributed by atoms with van der Waals surface area (Å²) >= 11 is 0. The summed E-state index contributed by atoms with van der Waals surface area (Å²) in [6.45, 7) is 30.4. The highest BCUT2D eigenvalue weighted by Crippen LogP contribution is 2.36. The summed E-state index contributed by atoms with van der Waals surface area (Å²) in [6, 6.07) is 0. The number of carbonyl (C=O) groups excluding carboxylic acids is 2. The van der Waals surface area contributed by atoms with Gasteiger partial charge in [0.2, 0.25) is 0 Å². The zero-order chi connectivity index (χ0) is 30.5. The molecule has 0 aromatic heterocycles. The average Bonchev–Trinajstić information content (AvgIpc) is 2.84. The molecule has 2 rings (SSSR count). The van der Waals surface area contributed by atoms with Crippen molar-refractivity contribution in [3.05, 3.63) is 25.3 Å². The van der Waals surface area contributed by atoms with E-state index < -0.39 is 0 Å². The molecule has 40 heavy (non-hydrogen) atoms. The third-order valence-corrected chi connectivity index (χ3v) is 7.44. The van der Waals surface area contributed by atoms with Gasteiger partial charge in [-0.1, -0.05) is 68.5 Å². The zero-order valence-corrected chi connectivity index (χ0v) is 26.5. The number of hydrogen-bond acceptors (Lipinski definition) is 8. The maximum Gasteiger partial charge on any atom is 0.330 e. The molecule has 0 N–H and O–H groups in total. The largest absolute Gasteiger partial charge is 0.462 e. The quantitative estimate of drug-likeness (QED) is 0.152. The average molecular weight is 569 g/mol. The summed E-state index contributed by atoms with van der Waals surface area (Å²) in [7, 11) is 0. The van der Waals surface area contributed by atoms with Crippen molar-refractivity contribution in [2.24, 2.45) is 27.1 Å². The molecule has 0 saturated carbocycles. The van der Waals surface area contributed by atoms with Crippen LogP contribution in [0.3, 0.4) is 0 Å². The first-order valence-electron chi connectivity index (χ1n) is 14.5. The molecule has 2 saturated heterocycles. The van der Waals surface area contributed by atoms with Gasteiger partial charge in [0.25, 0.3) is 0 Å². The second kappa shape index (κ2) is 16.0. The molecule has 0 unspecified atom stereocenters. The van der Waals surface area contributed by atoms with Crippen molar-refractivity contribution in [1.82, 2.24) is 0 Å². The van der Waals surface area contributed by atoms with Crippen molar-refractivity contribution in [1.29, 1.82) is 0 Å². The van der Waals surface area contributed by atoms with Crippen molar-refractivity contribution < 1.29 is 38.0 Å². The van der Waals surface area contributed by atoms with Gasteiger partial charge in [-0.05, 0) is 30.1 Å². The van der Waals surface area contributed by atoms with E-state index in [1.54, 1.807) is 0 Å². The minimum absolute atomic E-state index is 0.0314. The molecule has 2 fully saturated rings. The standard InChI is InChI=1S/C18H32O4.C14H24O4/c1-7-15(19)22-11-17(5,6)9-16(3,4)10-20-12-18(8-2)13-21-14-18;1-5-12(15)18-8-13(3,4)7-16-9-14(6-2)10-17-11-14/h7H,1,8-14H2,2-6H3;5H,1,6-11H2,2-4H3. The fourth-order valence-electron chi connectivity index (χ4n) is 4.74. The second-order valence-corrected chi connectivity index (χ2v) is 14.0. The lowest BCUT2D eigenvalue weighted by molar-refractivity contribution is -0.160. The number of carbonyl (C=O) groups is 2. The molecule has 232 valence electrons. The van der Waals surface area contributed by atoms with E-state index in [2.05, 4.69) is 54.7 Å². The normalized spacial score (nSPS) is 17.8. The second-order valence-electron chi connectivity index (χ2n) is 14.0. The predicted molar refractivity (Wildman–Crippen MR) is 157 cm³/mol. The van der Waals surface area contributed by atoms with E-state index in [0.29, 0.717) is 33.0 Å². The van der Waals surface area contributed by atoms with Crippen LogP contribution in [0.1, 0.15) is 74.7 Å². The van der Waals surface area contributed by atoms with Crippen molar-refractivity contribution in [2.45, 2.75) is 74.7 Å². The molecule has 0 spiro atoms. The number of esters is 2. The molecular weight excluding hydrogens is 512 g/mol. The molecule has 2 aliphatic heterocycles. The van der Waals surface area contributed by atoms with Crippen LogP contribution >= 0.6 is 0 Å². The lowest BCUT2D eigenvalue weighted by Gasteiger charge is -2.41. The highest BCUT2D eigenvalue weighted by molar-refractivity contribution is 5.81. The Morgan fingerprint density at radius 3 is 1.35 bits per heavy atom. The minimum Gasteiger partial charge on any atom is -0.462 e. The van der Waals surface area contributed by atoms with Gasteiger partial charge in [-0.2, -0.15) is 0 Å². The molecule has 0 amide bonds. The SMILES string of the molecule is C=CC(=O)OCC(C)(C)CC(C)(C)COCC1(CC)COC1.C=CC(=O)OCC(C)(C)COCC1(CC)COC1. The molecule has 0 bridgehead atoms. The van der Waals surface area contributed by atoms with Crippen LogP contribution in [0.2, 0.25) is 0 Å². The molecule has 2 heterocycles. The van der Waals surface area contributed by atoms with Crippen molar-refractivity contribution in [2.75, 3.05) is 66.1 Å². The van der Waals surface area contributed by atoms with Gasteiger partial charge in [-0.15, -0.1) is 0 Å². The third kappa shape index (κ3) is 13.3. The molecule has 0 radical (unpaired) electrons. The Balaban J connectivity index is 0.000000408. The van der Waals surface area contributed by atoms with Crippen LogP contribution in [0.4, 0.5) is 0 Å². The van der Waals surface area contributed by atoms with Crippen molar-refractivity contribution >= 4 is 11.9 Å². The molecule has 0 aromatic rings. The molecule has 2 aliphatic rings. The highest BCUT2D eigenvalue weighted by Gasteiger charge is 2.39. The molecule has 0 aromatic carbocycles. The van der Waals surface area contributed by atoms with E-state index in [9.17, 15) is 9.59 Å². The van der Waals surface area contributed by atoms with Gasteiger partial charge in [0.1, 0.15) is 0 Å². The summed E-state index contributed by atoms with van der Waals surface area (Å²) in [5.41, 5.74) is 0.189. The molecule has 0 aliphatic carbocycles. The molecular formula is C32H56O8. The van der Waals surface area contributed by atoms with Gasteiger partial charge >= 0.3 is 11.9 Å². The predicted octanol–water partition coefficient (Wildman–Crippen LogP) is 5.79. The third-order valence-electron chi connectivity index (χ3n) is 7.44. The van der Waals surface area contributed by atoms with Crippen LogP contribution in [0.25, 0.3) is 0 Å². The Morgan fingerprint density at radius 1 is 0.675 bits per heavy atom. The Labute approximate surface area is 243 Å². The topological polar surface area (TPSA) is 89.5 Å².